The van der Waals surface area contributed by atoms with Crippen molar-refractivity contribution >= 4 is 5.91 Å². The third kappa shape index (κ3) is 1.92. The molecule has 1 saturated heterocycles. The van der Waals surface area contributed by atoms with Gasteiger partial charge in [0.05, 0.1) is 12.2 Å². The van der Waals surface area contributed by atoms with Crippen LogP contribution in [-0.2, 0) is 11.8 Å². The summed E-state index contributed by atoms with van der Waals surface area (Å²) in [6, 6.07) is 0.578. The Balaban J connectivity index is 1.94. The Morgan fingerprint density at radius 2 is 2.22 bits per heavy atom. The maximum atomic E-state index is 12.2. The van der Waals surface area contributed by atoms with E-state index in [0.29, 0.717) is 24.9 Å². The zero-order chi connectivity index (χ0) is 12.7. The maximum Gasteiger partial charge on any atom is 0.223 e. The van der Waals surface area contributed by atoms with Crippen LogP contribution in [0.1, 0.15) is 37.3 Å². The minimum Gasteiger partial charge on any atom is -0.332 e. The van der Waals surface area contributed by atoms with Gasteiger partial charge in [-0.3, -0.25) is 9.48 Å². The van der Waals surface area contributed by atoms with Gasteiger partial charge in [-0.2, -0.15) is 5.10 Å². The topological polar surface area (TPSA) is 64.2 Å². The summed E-state index contributed by atoms with van der Waals surface area (Å²) in [5.74, 6) is 0.656. The normalized spacial score (nSPS) is 28.8. The van der Waals surface area contributed by atoms with Crippen molar-refractivity contribution in [2.45, 2.75) is 37.8 Å². The average molecular weight is 248 g/mol. The lowest BCUT2D eigenvalue weighted by Crippen LogP contribution is -2.46. The number of nitrogens with two attached hydrogens (primary N) is 1. The molecule has 1 aliphatic carbocycles. The minimum atomic E-state index is 0.137. The van der Waals surface area contributed by atoms with Crippen molar-refractivity contribution < 1.29 is 4.79 Å². The summed E-state index contributed by atoms with van der Waals surface area (Å²) in [6.45, 7) is 0.635. The van der Waals surface area contributed by atoms with E-state index in [2.05, 4.69) is 10.00 Å². The van der Waals surface area contributed by atoms with Gasteiger partial charge in [0.2, 0.25) is 5.91 Å². The molecular weight excluding hydrogens is 228 g/mol. The molecule has 1 aliphatic heterocycles. The molecule has 0 radical (unpaired) electrons. The number of carbonyl (C=O) groups excluding carboxylic acids is 1. The van der Waals surface area contributed by atoms with E-state index in [9.17, 15) is 4.79 Å². The van der Waals surface area contributed by atoms with Crippen LogP contribution in [0.25, 0.3) is 0 Å². The Kier molecular flexibility index (Phi) is 2.86. The van der Waals surface area contributed by atoms with Crippen molar-refractivity contribution in [1.82, 2.24) is 14.7 Å². The number of aryl methyl sites for hydroxylation is 1. The van der Waals surface area contributed by atoms with Gasteiger partial charge in [0.1, 0.15) is 0 Å². The number of likely N-dealkylation sites (tertiary alicyclic amines) is 1. The first-order chi connectivity index (χ1) is 8.70. The molecule has 3 rings (SSSR count). The molecule has 2 N–H and O–H groups in total. The quantitative estimate of drug-likeness (QED) is 0.861. The van der Waals surface area contributed by atoms with E-state index in [1.807, 2.05) is 19.4 Å². The lowest BCUT2D eigenvalue weighted by atomic mass is 9.85. The van der Waals surface area contributed by atoms with Gasteiger partial charge in [0.25, 0.3) is 0 Å². The molecule has 0 unspecified atom stereocenters. The number of rotatable bonds is 3. The zero-order valence-electron chi connectivity index (χ0n) is 10.7. The van der Waals surface area contributed by atoms with Crippen LogP contribution in [0.15, 0.2) is 12.4 Å². The number of hydrogen-bond acceptors (Lipinski definition) is 3. The number of nitrogens with zero attached hydrogens (tertiary/aromatic N) is 3. The summed E-state index contributed by atoms with van der Waals surface area (Å²) in [5.41, 5.74) is 7.03. The molecule has 5 nitrogen and oxygen atoms in total. The Bertz CT molecular complexity index is 452. The highest BCUT2D eigenvalue weighted by Crippen LogP contribution is 2.42. The monoisotopic (exact) mass is 248 g/mol. The molecule has 2 atom stereocenters. The maximum absolute atomic E-state index is 12.2. The molecule has 1 aromatic rings. The van der Waals surface area contributed by atoms with Crippen molar-refractivity contribution in [1.29, 1.82) is 0 Å². The fourth-order valence-corrected chi connectivity index (χ4v) is 3.03. The van der Waals surface area contributed by atoms with E-state index in [1.54, 1.807) is 4.68 Å². The molecule has 1 amide bonds. The Hall–Kier alpha value is -1.36. The Labute approximate surface area is 107 Å². The van der Waals surface area contributed by atoms with Gasteiger partial charge in [0, 0.05) is 31.3 Å². The van der Waals surface area contributed by atoms with Crippen molar-refractivity contribution in [3.63, 3.8) is 0 Å². The third-order valence-electron chi connectivity index (χ3n) is 4.07. The lowest BCUT2D eigenvalue weighted by molar-refractivity contribution is -0.139. The number of aromatic nitrogens is 2. The van der Waals surface area contributed by atoms with Gasteiger partial charge in [-0.05, 0) is 31.7 Å². The zero-order valence-corrected chi connectivity index (χ0v) is 10.7. The van der Waals surface area contributed by atoms with Crippen LogP contribution in [0.4, 0.5) is 0 Å². The first-order valence-electron chi connectivity index (χ1n) is 6.70. The molecule has 98 valence electrons. The van der Waals surface area contributed by atoms with Crippen LogP contribution in [0, 0.1) is 5.92 Å². The molecule has 1 aromatic heterocycles. The molecule has 0 bridgehead atoms. The Morgan fingerprint density at radius 1 is 1.44 bits per heavy atom. The van der Waals surface area contributed by atoms with Crippen LogP contribution in [0.2, 0.25) is 0 Å². The van der Waals surface area contributed by atoms with E-state index in [1.165, 1.54) is 0 Å². The van der Waals surface area contributed by atoms with E-state index >= 15 is 0 Å². The first-order valence-corrected chi connectivity index (χ1v) is 6.70. The molecule has 5 heteroatoms. The van der Waals surface area contributed by atoms with E-state index in [0.717, 1.165) is 24.8 Å². The summed E-state index contributed by atoms with van der Waals surface area (Å²) in [5, 5.41) is 4.24. The fraction of sp³-hybridized carbons (Fsp3) is 0.692. The highest BCUT2D eigenvalue weighted by atomic mass is 16.2. The molecule has 2 heterocycles. The number of hydrogen-bond donors (Lipinski definition) is 1. The number of amides is 1. The molecule has 1 saturated carbocycles. The van der Waals surface area contributed by atoms with Crippen LogP contribution in [0.3, 0.4) is 0 Å². The van der Waals surface area contributed by atoms with Gasteiger partial charge < -0.3 is 10.6 Å². The second kappa shape index (κ2) is 4.39. The van der Waals surface area contributed by atoms with Gasteiger partial charge in [-0.15, -0.1) is 0 Å². The van der Waals surface area contributed by atoms with Gasteiger partial charge in [-0.1, -0.05) is 0 Å². The van der Waals surface area contributed by atoms with E-state index in [4.69, 9.17) is 5.73 Å². The SMILES string of the molecule is Cn1cc([C@@H]2[C@@H](CN)CCC(=O)N2C2CC2)cn1. The standard InChI is InChI=1S/C13H20N4O/c1-16-8-10(7-15-16)13-9(6-14)2-5-12(18)17(13)11-3-4-11/h7-9,11,13H,2-6,14H2,1H3/t9-,13+/m1/s1. The third-order valence-corrected chi connectivity index (χ3v) is 4.07. The van der Waals surface area contributed by atoms with Crippen molar-refractivity contribution in [3.8, 4) is 0 Å². The van der Waals surface area contributed by atoms with Crippen LogP contribution in [-0.4, -0.2) is 33.2 Å². The van der Waals surface area contributed by atoms with E-state index < -0.39 is 0 Å². The van der Waals surface area contributed by atoms with Crippen LogP contribution in [0.5, 0.6) is 0 Å². The lowest BCUT2D eigenvalue weighted by Gasteiger charge is -2.40. The summed E-state index contributed by atoms with van der Waals surface area (Å²) >= 11 is 0. The summed E-state index contributed by atoms with van der Waals surface area (Å²) < 4.78 is 1.80. The second-order valence-corrected chi connectivity index (χ2v) is 5.46. The Morgan fingerprint density at radius 3 is 2.78 bits per heavy atom. The molecular formula is C13H20N4O. The van der Waals surface area contributed by atoms with Crippen molar-refractivity contribution in [3.05, 3.63) is 18.0 Å². The summed E-state index contributed by atoms with van der Waals surface area (Å²) in [6.07, 6.45) is 7.72. The molecule has 2 aliphatic rings. The van der Waals surface area contributed by atoms with Crippen LogP contribution >= 0.6 is 0 Å². The predicted molar refractivity (Wildman–Crippen MR) is 67.6 cm³/mol. The van der Waals surface area contributed by atoms with Crippen molar-refractivity contribution in [2.75, 3.05) is 6.54 Å². The molecule has 2 fully saturated rings. The highest BCUT2D eigenvalue weighted by molar-refractivity contribution is 5.78. The second-order valence-electron chi connectivity index (χ2n) is 5.46. The summed E-state index contributed by atoms with van der Waals surface area (Å²) in [7, 11) is 1.91. The number of carbonyl (C=O) groups is 1. The first kappa shape index (κ1) is 11.7. The fourth-order valence-electron chi connectivity index (χ4n) is 3.03. The predicted octanol–water partition coefficient (Wildman–Crippen LogP) is 0.821. The minimum absolute atomic E-state index is 0.137. The van der Waals surface area contributed by atoms with Crippen molar-refractivity contribution in [2.24, 2.45) is 18.7 Å². The average Bonchev–Trinajstić information content (AvgIpc) is 3.11. The summed E-state index contributed by atoms with van der Waals surface area (Å²) in [4.78, 5) is 14.3. The van der Waals surface area contributed by atoms with E-state index in [-0.39, 0.29) is 11.9 Å². The number of piperidine rings is 1. The molecule has 0 aromatic carbocycles. The smallest absolute Gasteiger partial charge is 0.223 e. The van der Waals surface area contributed by atoms with Crippen LogP contribution < -0.4 is 5.73 Å². The van der Waals surface area contributed by atoms with Gasteiger partial charge >= 0.3 is 0 Å². The highest BCUT2D eigenvalue weighted by Gasteiger charge is 2.43. The molecule has 0 spiro atoms. The molecule has 18 heavy (non-hydrogen) atoms. The largest absolute Gasteiger partial charge is 0.332 e. The van der Waals surface area contributed by atoms with Gasteiger partial charge in [0.15, 0.2) is 0 Å². The van der Waals surface area contributed by atoms with Gasteiger partial charge in [-0.25, -0.2) is 0 Å².